The Balaban J connectivity index is 1.90. The van der Waals surface area contributed by atoms with E-state index in [0.717, 1.165) is 25.1 Å². The monoisotopic (exact) mass is 247 g/mol. The quantitative estimate of drug-likeness (QED) is 0.873. The Hall–Kier alpha value is -1.42. The van der Waals surface area contributed by atoms with Gasteiger partial charge in [0.25, 0.3) is 0 Å². The Kier molecular flexibility index (Phi) is 4.31. The van der Waals surface area contributed by atoms with Crippen LogP contribution in [0.25, 0.3) is 0 Å². The molecule has 4 nitrogen and oxygen atoms in total. The Morgan fingerprint density at radius 1 is 1.61 bits per heavy atom. The van der Waals surface area contributed by atoms with E-state index in [1.165, 1.54) is 5.56 Å². The van der Waals surface area contributed by atoms with Crippen molar-refractivity contribution in [1.29, 1.82) is 0 Å². The number of pyridine rings is 1. The number of carbonyl (C=O) groups is 1. The Labute approximate surface area is 108 Å². The number of nitrogens with two attached hydrogens (primary N) is 1. The average molecular weight is 247 g/mol. The summed E-state index contributed by atoms with van der Waals surface area (Å²) in [5.74, 6) is 0.664. The molecule has 1 aromatic rings. The Morgan fingerprint density at radius 2 is 2.44 bits per heavy atom. The highest BCUT2D eigenvalue weighted by Crippen LogP contribution is 2.18. The van der Waals surface area contributed by atoms with Crippen molar-refractivity contribution in [3.8, 4) is 0 Å². The fourth-order valence-corrected chi connectivity index (χ4v) is 2.22. The van der Waals surface area contributed by atoms with E-state index in [9.17, 15) is 4.79 Å². The van der Waals surface area contributed by atoms with E-state index in [4.69, 9.17) is 5.73 Å². The summed E-state index contributed by atoms with van der Waals surface area (Å²) < 4.78 is 0. The number of rotatable bonds is 4. The molecule has 2 heterocycles. The van der Waals surface area contributed by atoms with Crippen LogP contribution in [0, 0.1) is 5.92 Å². The lowest BCUT2D eigenvalue weighted by molar-refractivity contribution is -0.132. The van der Waals surface area contributed by atoms with Crippen LogP contribution in [0.4, 0.5) is 0 Å². The Bertz CT molecular complexity index is 419. The van der Waals surface area contributed by atoms with Crippen molar-refractivity contribution in [1.82, 2.24) is 9.88 Å². The van der Waals surface area contributed by atoms with Gasteiger partial charge in [-0.15, -0.1) is 0 Å². The summed E-state index contributed by atoms with van der Waals surface area (Å²) >= 11 is 0. The summed E-state index contributed by atoms with van der Waals surface area (Å²) in [5, 5.41) is 0. The molecule has 1 aliphatic heterocycles. The van der Waals surface area contributed by atoms with E-state index in [1.54, 1.807) is 0 Å². The van der Waals surface area contributed by atoms with Crippen molar-refractivity contribution in [3.05, 3.63) is 29.6 Å². The molecule has 2 rings (SSSR count). The van der Waals surface area contributed by atoms with E-state index in [2.05, 4.69) is 18.0 Å². The summed E-state index contributed by atoms with van der Waals surface area (Å²) in [4.78, 5) is 18.4. The van der Waals surface area contributed by atoms with Gasteiger partial charge >= 0.3 is 0 Å². The molecule has 0 fully saturated rings. The van der Waals surface area contributed by atoms with Gasteiger partial charge in [-0.05, 0) is 30.5 Å². The highest BCUT2D eigenvalue weighted by atomic mass is 16.2. The van der Waals surface area contributed by atoms with Gasteiger partial charge in [-0.1, -0.05) is 13.0 Å². The maximum Gasteiger partial charge on any atom is 0.222 e. The first-order valence-electron chi connectivity index (χ1n) is 6.61. The molecule has 1 amide bonds. The third kappa shape index (κ3) is 3.07. The Morgan fingerprint density at radius 3 is 3.22 bits per heavy atom. The zero-order valence-electron chi connectivity index (χ0n) is 10.9. The van der Waals surface area contributed by atoms with E-state index < -0.39 is 0 Å². The summed E-state index contributed by atoms with van der Waals surface area (Å²) in [7, 11) is 0. The molecule has 98 valence electrons. The second-order valence-electron chi connectivity index (χ2n) is 5.05. The van der Waals surface area contributed by atoms with Gasteiger partial charge in [0, 0.05) is 37.8 Å². The lowest BCUT2D eigenvalue weighted by Crippen LogP contribution is -2.36. The minimum Gasteiger partial charge on any atom is -0.338 e. The van der Waals surface area contributed by atoms with Gasteiger partial charge in [0.1, 0.15) is 0 Å². The predicted molar refractivity (Wildman–Crippen MR) is 70.8 cm³/mol. The summed E-state index contributed by atoms with van der Waals surface area (Å²) in [6.07, 6.45) is 4.17. The molecule has 0 bridgehead atoms. The molecule has 1 aliphatic rings. The van der Waals surface area contributed by atoms with E-state index >= 15 is 0 Å². The third-order valence-electron chi connectivity index (χ3n) is 3.57. The minimum atomic E-state index is 0.241. The first kappa shape index (κ1) is 13.0. The van der Waals surface area contributed by atoms with E-state index in [0.29, 0.717) is 25.4 Å². The van der Waals surface area contributed by atoms with Crippen LogP contribution in [0.2, 0.25) is 0 Å². The lowest BCUT2D eigenvalue weighted by atomic mass is 10.0. The van der Waals surface area contributed by atoms with Crippen molar-refractivity contribution < 1.29 is 4.79 Å². The molecule has 0 saturated carbocycles. The summed E-state index contributed by atoms with van der Waals surface area (Å²) in [6, 6.07) is 3.99. The molecule has 2 N–H and O–H groups in total. The molecule has 1 unspecified atom stereocenters. The maximum absolute atomic E-state index is 12.1. The molecule has 1 atom stereocenters. The molecule has 18 heavy (non-hydrogen) atoms. The van der Waals surface area contributed by atoms with Crippen LogP contribution < -0.4 is 5.73 Å². The molecule has 1 aromatic heterocycles. The predicted octanol–water partition coefficient (Wildman–Crippen LogP) is 1.34. The van der Waals surface area contributed by atoms with Crippen molar-refractivity contribution >= 4 is 5.91 Å². The van der Waals surface area contributed by atoms with Gasteiger partial charge in [-0.2, -0.15) is 0 Å². The van der Waals surface area contributed by atoms with Crippen LogP contribution >= 0.6 is 0 Å². The number of fused-ring (bicyclic) bond motifs is 1. The van der Waals surface area contributed by atoms with Gasteiger partial charge in [0.15, 0.2) is 0 Å². The fraction of sp³-hybridized carbons (Fsp3) is 0.571. The molecule has 0 aliphatic carbocycles. The number of hydrogen-bond acceptors (Lipinski definition) is 3. The standard InChI is InChI=1S/C14H21N3O/c1-11(9-15)4-5-14(18)17-8-6-13-12(10-17)3-2-7-16-13/h2-3,7,11H,4-6,8-10,15H2,1H3. The first-order chi connectivity index (χ1) is 8.70. The second-order valence-corrected chi connectivity index (χ2v) is 5.05. The van der Waals surface area contributed by atoms with Crippen LogP contribution in [0.3, 0.4) is 0 Å². The van der Waals surface area contributed by atoms with Crippen molar-refractivity contribution in [2.75, 3.05) is 13.1 Å². The van der Waals surface area contributed by atoms with Crippen LogP contribution in [0.1, 0.15) is 31.0 Å². The van der Waals surface area contributed by atoms with Gasteiger partial charge in [-0.25, -0.2) is 0 Å². The minimum absolute atomic E-state index is 0.241. The normalized spacial score (nSPS) is 16.2. The molecule has 0 saturated heterocycles. The van der Waals surface area contributed by atoms with Crippen LogP contribution in [-0.4, -0.2) is 28.9 Å². The zero-order chi connectivity index (χ0) is 13.0. The maximum atomic E-state index is 12.1. The van der Waals surface area contributed by atoms with Gasteiger partial charge in [0.2, 0.25) is 5.91 Å². The molecule has 0 radical (unpaired) electrons. The van der Waals surface area contributed by atoms with E-state index in [1.807, 2.05) is 17.2 Å². The fourth-order valence-electron chi connectivity index (χ4n) is 2.22. The lowest BCUT2D eigenvalue weighted by Gasteiger charge is -2.28. The van der Waals surface area contributed by atoms with Crippen molar-refractivity contribution in [2.45, 2.75) is 32.7 Å². The second kappa shape index (κ2) is 5.96. The SMILES string of the molecule is CC(CN)CCC(=O)N1CCc2ncccc2C1. The topological polar surface area (TPSA) is 59.2 Å². The van der Waals surface area contributed by atoms with Gasteiger partial charge in [-0.3, -0.25) is 9.78 Å². The number of nitrogens with zero attached hydrogens (tertiary/aromatic N) is 2. The van der Waals surface area contributed by atoms with Gasteiger partial charge in [0.05, 0.1) is 0 Å². The van der Waals surface area contributed by atoms with Gasteiger partial charge < -0.3 is 10.6 Å². The number of aromatic nitrogens is 1. The summed E-state index contributed by atoms with van der Waals surface area (Å²) in [5.41, 5.74) is 7.89. The number of carbonyl (C=O) groups excluding carboxylic acids is 1. The highest BCUT2D eigenvalue weighted by molar-refractivity contribution is 5.76. The summed E-state index contributed by atoms with van der Waals surface area (Å²) in [6.45, 7) is 4.24. The smallest absolute Gasteiger partial charge is 0.222 e. The molecule has 0 aromatic carbocycles. The third-order valence-corrected chi connectivity index (χ3v) is 3.57. The number of hydrogen-bond donors (Lipinski definition) is 1. The molecular formula is C14H21N3O. The van der Waals surface area contributed by atoms with Crippen LogP contribution in [-0.2, 0) is 17.8 Å². The van der Waals surface area contributed by atoms with Crippen molar-refractivity contribution in [2.24, 2.45) is 11.7 Å². The molecule has 4 heteroatoms. The molecular weight excluding hydrogens is 226 g/mol. The largest absolute Gasteiger partial charge is 0.338 e. The van der Waals surface area contributed by atoms with Crippen LogP contribution in [0.15, 0.2) is 18.3 Å². The highest BCUT2D eigenvalue weighted by Gasteiger charge is 2.21. The number of amides is 1. The zero-order valence-corrected chi connectivity index (χ0v) is 10.9. The van der Waals surface area contributed by atoms with Crippen LogP contribution in [0.5, 0.6) is 0 Å². The van der Waals surface area contributed by atoms with E-state index in [-0.39, 0.29) is 5.91 Å². The first-order valence-corrected chi connectivity index (χ1v) is 6.61. The molecule has 0 spiro atoms. The average Bonchev–Trinajstić information content (AvgIpc) is 2.43. The van der Waals surface area contributed by atoms with Crippen molar-refractivity contribution in [3.63, 3.8) is 0 Å².